The van der Waals surface area contributed by atoms with Crippen LogP contribution < -0.4 is 0 Å². The summed E-state index contributed by atoms with van der Waals surface area (Å²) in [5.74, 6) is 0.234. The van der Waals surface area contributed by atoms with Crippen LogP contribution in [0.15, 0.2) is 29.2 Å². The van der Waals surface area contributed by atoms with Crippen molar-refractivity contribution >= 4 is 9.84 Å². The summed E-state index contributed by atoms with van der Waals surface area (Å²) < 4.78 is 60.2. The maximum Gasteiger partial charge on any atom is 0.284 e. The van der Waals surface area contributed by atoms with Gasteiger partial charge < -0.3 is 0 Å². The highest BCUT2D eigenvalue weighted by molar-refractivity contribution is 7.92. The molecule has 0 aromatic heterocycles. The van der Waals surface area contributed by atoms with E-state index in [0.29, 0.717) is 0 Å². The van der Waals surface area contributed by atoms with Gasteiger partial charge in [0.25, 0.3) is 11.9 Å². The molecule has 2 nitrogen and oxygen atoms in total. The summed E-state index contributed by atoms with van der Waals surface area (Å²) in [6.07, 6.45) is -2.67. The van der Waals surface area contributed by atoms with Gasteiger partial charge in [0.05, 0.1) is 4.90 Å². The third kappa shape index (κ3) is 3.04. The Labute approximate surface area is 105 Å². The number of hydrogen-bond donors (Lipinski definition) is 0. The first kappa shape index (κ1) is 15.0. The van der Waals surface area contributed by atoms with Crippen molar-refractivity contribution in [3.8, 4) is 0 Å². The molecule has 6 heteroatoms. The molecule has 0 heterocycles. The quantitative estimate of drug-likeness (QED) is 0.826. The Bertz CT molecular complexity index is 483. The van der Waals surface area contributed by atoms with E-state index in [4.69, 9.17) is 0 Å². The summed E-state index contributed by atoms with van der Waals surface area (Å²) in [5.41, 5.74) is -2.28. The molecule has 0 N–H and O–H groups in total. The van der Waals surface area contributed by atoms with E-state index in [2.05, 4.69) is 0 Å². The van der Waals surface area contributed by atoms with Crippen LogP contribution in [0.5, 0.6) is 0 Å². The molecule has 0 radical (unpaired) electrons. The minimum atomic E-state index is -4.60. The molecule has 1 aromatic carbocycles. The van der Waals surface area contributed by atoms with Crippen molar-refractivity contribution in [2.45, 2.75) is 43.0 Å². The van der Waals surface area contributed by atoms with Gasteiger partial charge in [-0.1, -0.05) is 26.0 Å². The summed E-state index contributed by atoms with van der Waals surface area (Å²) in [6, 6.07) is 5.40. The summed E-state index contributed by atoms with van der Waals surface area (Å²) in [4.78, 5) is -0.414. The topological polar surface area (TPSA) is 34.1 Å². The average molecular weight is 280 g/mol. The number of halogens is 3. The number of rotatable bonds is 5. The minimum absolute atomic E-state index is 0.234. The van der Waals surface area contributed by atoms with E-state index in [0.717, 1.165) is 12.0 Å². The largest absolute Gasteiger partial charge is 0.284 e. The zero-order valence-corrected chi connectivity index (χ0v) is 10.9. The van der Waals surface area contributed by atoms with Crippen molar-refractivity contribution in [2.24, 2.45) is 0 Å². The van der Waals surface area contributed by atoms with Crippen LogP contribution in [0.25, 0.3) is 0 Å². The standard InChI is InChI=1S/C12H15F3O2S/c1-3-8(2)9-4-6-10(7-5-9)18(16,17)12(15)11(13)14/h4-8,11-12H,3H2,1-2H3. The second-order valence-corrected chi connectivity index (χ2v) is 6.12. The third-order valence-electron chi connectivity index (χ3n) is 2.88. The van der Waals surface area contributed by atoms with E-state index < -0.39 is 26.7 Å². The van der Waals surface area contributed by atoms with Crippen molar-refractivity contribution in [1.29, 1.82) is 0 Å². The predicted molar refractivity (Wildman–Crippen MR) is 63.2 cm³/mol. The summed E-state index contributed by atoms with van der Waals surface area (Å²) in [5, 5.41) is 0. The van der Waals surface area contributed by atoms with Crippen LogP contribution in [-0.4, -0.2) is 20.3 Å². The van der Waals surface area contributed by atoms with E-state index >= 15 is 0 Å². The lowest BCUT2D eigenvalue weighted by Gasteiger charge is -2.12. The number of benzene rings is 1. The van der Waals surface area contributed by atoms with Gasteiger partial charge in [-0.05, 0) is 30.0 Å². The van der Waals surface area contributed by atoms with Gasteiger partial charge in [0.1, 0.15) is 0 Å². The normalized spacial score (nSPS) is 15.7. The number of sulfone groups is 1. The highest BCUT2D eigenvalue weighted by Gasteiger charge is 2.35. The highest BCUT2D eigenvalue weighted by Crippen LogP contribution is 2.25. The lowest BCUT2D eigenvalue weighted by atomic mass is 9.99. The predicted octanol–water partition coefficient (Wildman–Crippen LogP) is 3.53. The second kappa shape index (κ2) is 5.73. The van der Waals surface area contributed by atoms with Gasteiger partial charge in [0.15, 0.2) is 0 Å². The van der Waals surface area contributed by atoms with Crippen molar-refractivity contribution in [1.82, 2.24) is 0 Å². The summed E-state index contributed by atoms with van der Waals surface area (Å²) >= 11 is 0. The monoisotopic (exact) mass is 280 g/mol. The summed E-state index contributed by atoms with van der Waals surface area (Å²) in [6.45, 7) is 3.93. The lowest BCUT2D eigenvalue weighted by Crippen LogP contribution is -2.24. The zero-order chi connectivity index (χ0) is 13.9. The molecule has 0 aliphatic rings. The van der Waals surface area contributed by atoms with Crippen LogP contribution in [0.3, 0.4) is 0 Å². The molecule has 18 heavy (non-hydrogen) atoms. The molecule has 2 atom stereocenters. The molecular formula is C12H15F3O2S. The second-order valence-electron chi connectivity index (χ2n) is 4.11. The molecule has 0 saturated carbocycles. The van der Waals surface area contributed by atoms with Gasteiger partial charge in [0, 0.05) is 0 Å². The number of alkyl halides is 3. The first-order valence-corrected chi connectivity index (χ1v) is 7.11. The van der Waals surface area contributed by atoms with Gasteiger partial charge in [-0.25, -0.2) is 21.6 Å². The number of hydrogen-bond acceptors (Lipinski definition) is 2. The maximum absolute atomic E-state index is 13.0. The van der Waals surface area contributed by atoms with E-state index in [-0.39, 0.29) is 5.92 Å². The van der Waals surface area contributed by atoms with Crippen molar-refractivity contribution in [3.05, 3.63) is 29.8 Å². The van der Waals surface area contributed by atoms with Crippen molar-refractivity contribution < 1.29 is 21.6 Å². The van der Waals surface area contributed by atoms with Crippen LogP contribution in [0.2, 0.25) is 0 Å². The Morgan fingerprint density at radius 2 is 1.61 bits per heavy atom. The first-order valence-electron chi connectivity index (χ1n) is 5.56. The van der Waals surface area contributed by atoms with E-state index in [1.165, 1.54) is 24.3 Å². The summed E-state index contributed by atoms with van der Waals surface area (Å²) in [7, 11) is -4.60. The first-order chi connectivity index (χ1) is 8.30. The van der Waals surface area contributed by atoms with Crippen LogP contribution in [0.1, 0.15) is 31.7 Å². The van der Waals surface area contributed by atoms with E-state index in [9.17, 15) is 21.6 Å². The van der Waals surface area contributed by atoms with Crippen molar-refractivity contribution in [2.75, 3.05) is 0 Å². The smallest absolute Gasteiger partial charge is 0.223 e. The van der Waals surface area contributed by atoms with E-state index in [1.807, 2.05) is 13.8 Å². The fraction of sp³-hybridized carbons (Fsp3) is 0.500. The molecule has 0 spiro atoms. The van der Waals surface area contributed by atoms with Gasteiger partial charge in [0.2, 0.25) is 9.84 Å². The molecule has 1 aromatic rings. The lowest BCUT2D eigenvalue weighted by molar-refractivity contribution is 0.0902. The molecule has 0 fully saturated rings. The molecule has 0 amide bonds. The Morgan fingerprint density at radius 3 is 2.00 bits per heavy atom. The van der Waals surface area contributed by atoms with Crippen LogP contribution >= 0.6 is 0 Å². The minimum Gasteiger partial charge on any atom is -0.223 e. The van der Waals surface area contributed by atoms with E-state index in [1.54, 1.807) is 0 Å². The Hall–Kier alpha value is -1.04. The van der Waals surface area contributed by atoms with Gasteiger partial charge in [-0.3, -0.25) is 0 Å². The SMILES string of the molecule is CCC(C)c1ccc(S(=O)(=O)C(F)C(F)F)cc1. The Kier molecular flexibility index (Phi) is 4.78. The molecular weight excluding hydrogens is 265 g/mol. The van der Waals surface area contributed by atoms with Gasteiger partial charge >= 0.3 is 0 Å². The van der Waals surface area contributed by atoms with Crippen LogP contribution in [0.4, 0.5) is 13.2 Å². The Balaban J connectivity index is 3.05. The molecule has 0 aliphatic carbocycles. The molecule has 0 aliphatic heterocycles. The molecule has 0 saturated heterocycles. The van der Waals surface area contributed by atoms with Gasteiger partial charge in [-0.2, -0.15) is 0 Å². The molecule has 1 rings (SSSR count). The average Bonchev–Trinajstić information content (AvgIpc) is 2.36. The van der Waals surface area contributed by atoms with Gasteiger partial charge in [-0.15, -0.1) is 0 Å². The Morgan fingerprint density at radius 1 is 1.11 bits per heavy atom. The fourth-order valence-electron chi connectivity index (χ4n) is 1.49. The van der Waals surface area contributed by atoms with Crippen LogP contribution in [0, 0.1) is 0 Å². The zero-order valence-electron chi connectivity index (χ0n) is 10.1. The van der Waals surface area contributed by atoms with Crippen LogP contribution in [-0.2, 0) is 9.84 Å². The van der Waals surface area contributed by atoms with Crippen molar-refractivity contribution in [3.63, 3.8) is 0 Å². The molecule has 102 valence electrons. The fourth-order valence-corrected chi connectivity index (χ4v) is 2.53. The molecule has 2 unspecified atom stereocenters. The molecule has 0 bridgehead atoms. The third-order valence-corrected chi connectivity index (χ3v) is 4.61. The highest BCUT2D eigenvalue weighted by atomic mass is 32.2. The maximum atomic E-state index is 13.0.